The largest absolute Gasteiger partial charge is 0.374 e. The highest BCUT2D eigenvalue weighted by Crippen LogP contribution is 2.19. The molecule has 0 radical (unpaired) electrons. The average Bonchev–Trinajstić information content (AvgIpc) is 2.29. The van der Waals surface area contributed by atoms with Gasteiger partial charge in [-0.1, -0.05) is 19.8 Å². The summed E-state index contributed by atoms with van der Waals surface area (Å²) in [4.78, 5) is 6.57. The maximum Gasteiger partial charge on any atom is 0.0442 e. The van der Waals surface area contributed by atoms with Crippen molar-refractivity contribution >= 4 is 5.69 Å². The maximum absolute atomic E-state index is 5.73. The van der Waals surface area contributed by atoms with Crippen LogP contribution in [0.3, 0.4) is 0 Å². The first-order valence-electron chi connectivity index (χ1n) is 6.05. The second-order valence-corrected chi connectivity index (χ2v) is 4.29. The van der Waals surface area contributed by atoms with Gasteiger partial charge in [-0.15, -0.1) is 0 Å². The van der Waals surface area contributed by atoms with Crippen molar-refractivity contribution in [1.29, 1.82) is 0 Å². The molecular formula is C13H23N3. The van der Waals surface area contributed by atoms with Crippen molar-refractivity contribution in [1.82, 2.24) is 4.98 Å². The highest BCUT2D eigenvalue weighted by Gasteiger charge is 2.06. The summed E-state index contributed by atoms with van der Waals surface area (Å²) in [6, 6.07) is 2.12. The molecule has 0 bridgehead atoms. The lowest BCUT2D eigenvalue weighted by atomic mass is 10.1. The van der Waals surface area contributed by atoms with Crippen molar-refractivity contribution in [3.8, 4) is 0 Å². The molecular weight excluding hydrogens is 198 g/mol. The molecule has 1 aromatic rings. The molecule has 0 saturated carbocycles. The Balaban J connectivity index is 2.72. The molecule has 0 saturated heterocycles. The summed E-state index contributed by atoms with van der Waals surface area (Å²) in [6.07, 6.45) is 5.67. The lowest BCUT2D eigenvalue weighted by molar-refractivity contribution is 0.703. The van der Waals surface area contributed by atoms with E-state index in [-0.39, 0.29) is 0 Å². The van der Waals surface area contributed by atoms with Crippen molar-refractivity contribution in [2.75, 3.05) is 18.5 Å². The van der Waals surface area contributed by atoms with Gasteiger partial charge in [-0.2, -0.15) is 0 Å². The quantitative estimate of drug-likeness (QED) is 0.750. The van der Waals surface area contributed by atoms with Crippen LogP contribution in [0.25, 0.3) is 0 Å². The van der Waals surface area contributed by atoms with Crippen LogP contribution >= 0.6 is 0 Å². The van der Waals surface area contributed by atoms with E-state index >= 15 is 0 Å². The summed E-state index contributed by atoms with van der Waals surface area (Å²) in [5.74, 6) is 0. The van der Waals surface area contributed by atoms with Gasteiger partial charge in [0.2, 0.25) is 0 Å². The minimum absolute atomic E-state index is 0.556. The molecule has 0 unspecified atom stereocenters. The number of nitrogens with two attached hydrogens (primary N) is 1. The molecule has 1 aromatic heterocycles. The van der Waals surface area contributed by atoms with Gasteiger partial charge in [0.05, 0.1) is 0 Å². The van der Waals surface area contributed by atoms with Gasteiger partial charge >= 0.3 is 0 Å². The third kappa shape index (κ3) is 3.49. The first-order valence-corrected chi connectivity index (χ1v) is 6.05. The Kier molecular flexibility index (Phi) is 5.26. The van der Waals surface area contributed by atoms with Crippen LogP contribution in [0.2, 0.25) is 0 Å². The van der Waals surface area contributed by atoms with Crippen LogP contribution in [0.4, 0.5) is 5.69 Å². The van der Waals surface area contributed by atoms with Crippen LogP contribution in [0.1, 0.15) is 37.4 Å². The van der Waals surface area contributed by atoms with Crippen molar-refractivity contribution in [3.05, 3.63) is 23.5 Å². The Bertz CT molecular complexity index is 323. The number of pyridine rings is 1. The number of aromatic nitrogens is 1. The van der Waals surface area contributed by atoms with Crippen LogP contribution in [-0.2, 0) is 6.54 Å². The monoisotopic (exact) mass is 221 g/mol. The van der Waals surface area contributed by atoms with Crippen LogP contribution in [0.15, 0.2) is 12.3 Å². The molecule has 3 heteroatoms. The molecule has 0 spiro atoms. The minimum Gasteiger partial charge on any atom is -0.374 e. The van der Waals surface area contributed by atoms with Gasteiger partial charge < -0.3 is 10.6 Å². The third-order valence-corrected chi connectivity index (χ3v) is 2.83. The summed E-state index contributed by atoms with van der Waals surface area (Å²) in [5.41, 5.74) is 9.13. The van der Waals surface area contributed by atoms with Crippen molar-refractivity contribution in [2.45, 2.75) is 39.7 Å². The van der Waals surface area contributed by atoms with E-state index in [2.05, 4.69) is 29.9 Å². The van der Waals surface area contributed by atoms with E-state index in [1.54, 1.807) is 0 Å². The molecule has 16 heavy (non-hydrogen) atoms. The van der Waals surface area contributed by atoms with Gasteiger partial charge in [-0.25, -0.2) is 0 Å². The SMILES string of the molecule is CCCCCN(C)c1cc(C)ncc1CN. The summed E-state index contributed by atoms with van der Waals surface area (Å²) < 4.78 is 0. The van der Waals surface area contributed by atoms with Crippen LogP contribution in [0.5, 0.6) is 0 Å². The normalized spacial score (nSPS) is 10.5. The molecule has 0 aromatic carbocycles. The zero-order valence-corrected chi connectivity index (χ0v) is 10.7. The van der Waals surface area contributed by atoms with Gasteiger partial charge in [-0.05, 0) is 19.4 Å². The second kappa shape index (κ2) is 6.48. The van der Waals surface area contributed by atoms with E-state index in [4.69, 9.17) is 5.73 Å². The van der Waals surface area contributed by atoms with Crippen LogP contribution in [0, 0.1) is 6.92 Å². The maximum atomic E-state index is 5.73. The first kappa shape index (κ1) is 13.0. The van der Waals surface area contributed by atoms with Gasteiger partial charge in [-0.3, -0.25) is 4.98 Å². The van der Waals surface area contributed by atoms with E-state index in [9.17, 15) is 0 Å². The number of anilines is 1. The van der Waals surface area contributed by atoms with Gasteiger partial charge in [0, 0.05) is 43.3 Å². The van der Waals surface area contributed by atoms with Crippen molar-refractivity contribution in [2.24, 2.45) is 5.73 Å². The summed E-state index contributed by atoms with van der Waals surface area (Å²) in [7, 11) is 2.13. The van der Waals surface area contributed by atoms with E-state index in [1.165, 1.54) is 24.9 Å². The number of hydrogen-bond donors (Lipinski definition) is 1. The van der Waals surface area contributed by atoms with Gasteiger partial charge in [0.1, 0.15) is 0 Å². The Labute approximate surface area is 98.7 Å². The fourth-order valence-corrected chi connectivity index (χ4v) is 1.81. The average molecular weight is 221 g/mol. The Morgan fingerprint density at radius 1 is 1.38 bits per heavy atom. The molecule has 0 aliphatic heterocycles. The van der Waals surface area contributed by atoms with E-state index in [0.29, 0.717) is 6.54 Å². The molecule has 3 nitrogen and oxygen atoms in total. The fourth-order valence-electron chi connectivity index (χ4n) is 1.81. The number of hydrogen-bond acceptors (Lipinski definition) is 3. The molecule has 2 N–H and O–H groups in total. The standard InChI is InChI=1S/C13H23N3/c1-4-5-6-7-16(3)13-8-11(2)15-10-12(13)9-14/h8,10H,4-7,9,14H2,1-3H3. The number of rotatable bonds is 6. The number of aryl methyl sites for hydroxylation is 1. The van der Waals surface area contributed by atoms with E-state index in [0.717, 1.165) is 17.8 Å². The molecule has 90 valence electrons. The first-order chi connectivity index (χ1) is 7.69. The fraction of sp³-hybridized carbons (Fsp3) is 0.615. The van der Waals surface area contributed by atoms with Gasteiger partial charge in [0.15, 0.2) is 0 Å². The van der Waals surface area contributed by atoms with Crippen LogP contribution < -0.4 is 10.6 Å². The Morgan fingerprint density at radius 3 is 2.75 bits per heavy atom. The predicted molar refractivity (Wildman–Crippen MR) is 69.7 cm³/mol. The highest BCUT2D eigenvalue weighted by atomic mass is 15.1. The molecule has 1 rings (SSSR count). The molecule has 0 atom stereocenters. The lowest BCUT2D eigenvalue weighted by Gasteiger charge is -2.22. The van der Waals surface area contributed by atoms with Crippen molar-refractivity contribution in [3.63, 3.8) is 0 Å². The van der Waals surface area contributed by atoms with E-state index in [1.807, 2.05) is 13.1 Å². The van der Waals surface area contributed by atoms with Crippen molar-refractivity contribution < 1.29 is 0 Å². The summed E-state index contributed by atoms with van der Waals surface area (Å²) in [6.45, 7) is 5.89. The minimum atomic E-state index is 0.556. The lowest BCUT2D eigenvalue weighted by Crippen LogP contribution is -2.21. The highest BCUT2D eigenvalue weighted by molar-refractivity contribution is 5.52. The summed E-state index contributed by atoms with van der Waals surface area (Å²) in [5, 5.41) is 0. The molecule has 0 aliphatic carbocycles. The third-order valence-electron chi connectivity index (χ3n) is 2.83. The van der Waals surface area contributed by atoms with E-state index < -0.39 is 0 Å². The number of nitrogens with zero attached hydrogens (tertiary/aromatic N) is 2. The van der Waals surface area contributed by atoms with Crippen LogP contribution in [-0.4, -0.2) is 18.6 Å². The molecule has 1 heterocycles. The molecule has 0 fully saturated rings. The topological polar surface area (TPSA) is 42.2 Å². The molecule has 0 aliphatic rings. The summed E-state index contributed by atoms with van der Waals surface area (Å²) >= 11 is 0. The zero-order chi connectivity index (χ0) is 12.0. The predicted octanol–water partition coefficient (Wildman–Crippen LogP) is 2.48. The Morgan fingerprint density at radius 2 is 2.12 bits per heavy atom. The number of unbranched alkanes of at least 4 members (excludes halogenated alkanes) is 2. The molecule has 0 amide bonds. The zero-order valence-electron chi connectivity index (χ0n) is 10.7. The second-order valence-electron chi connectivity index (χ2n) is 4.29. The Hall–Kier alpha value is -1.09. The van der Waals surface area contributed by atoms with Gasteiger partial charge in [0.25, 0.3) is 0 Å². The smallest absolute Gasteiger partial charge is 0.0442 e.